The molecule has 3 amide bonds. The zero-order valence-corrected chi connectivity index (χ0v) is 18.8. The van der Waals surface area contributed by atoms with E-state index < -0.39 is 48.4 Å². The maximum absolute atomic E-state index is 13.0. The minimum atomic E-state index is -1.30. The Morgan fingerprint density at radius 2 is 1.62 bits per heavy atom. The number of aliphatic hydroxyl groups excluding tert-OH is 1. The van der Waals surface area contributed by atoms with Gasteiger partial charge in [0.15, 0.2) is 0 Å². The van der Waals surface area contributed by atoms with Crippen LogP contribution in [0.1, 0.15) is 24.8 Å². The molecule has 0 aliphatic heterocycles. The number of nitrogens with two attached hydrogens (primary N) is 2. The quantitative estimate of drug-likeness (QED) is 0.147. The van der Waals surface area contributed by atoms with Crippen LogP contribution >= 0.6 is 0 Å². The van der Waals surface area contributed by atoms with Crippen molar-refractivity contribution in [2.75, 3.05) is 19.7 Å². The molecular formula is C22H32N6O6. The third-order valence-corrected chi connectivity index (χ3v) is 5.31. The summed E-state index contributed by atoms with van der Waals surface area (Å²) in [6.07, 6.45) is 3.00. The molecule has 0 radical (unpaired) electrons. The largest absolute Gasteiger partial charge is 0.480 e. The van der Waals surface area contributed by atoms with E-state index in [-0.39, 0.29) is 19.4 Å². The molecule has 3 atom stereocenters. The Kier molecular flexibility index (Phi) is 10.5. The van der Waals surface area contributed by atoms with Gasteiger partial charge in [0.1, 0.15) is 18.1 Å². The number of aliphatic hydroxyl groups is 1. The molecule has 34 heavy (non-hydrogen) atoms. The Morgan fingerprint density at radius 1 is 0.941 bits per heavy atom. The van der Waals surface area contributed by atoms with Gasteiger partial charge in [0.05, 0.1) is 13.2 Å². The first-order valence-electron chi connectivity index (χ1n) is 11.0. The van der Waals surface area contributed by atoms with Gasteiger partial charge in [-0.3, -0.25) is 14.4 Å². The molecule has 12 nitrogen and oxygen atoms in total. The number of benzene rings is 1. The normalized spacial score (nSPS) is 13.6. The summed E-state index contributed by atoms with van der Waals surface area (Å²) in [5, 5.41) is 27.2. The third kappa shape index (κ3) is 7.54. The van der Waals surface area contributed by atoms with Gasteiger partial charge in [-0.2, -0.15) is 0 Å². The Labute approximate surface area is 196 Å². The first-order chi connectivity index (χ1) is 16.3. The van der Waals surface area contributed by atoms with E-state index in [9.17, 15) is 29.4 Å². The monoisotopic (exact) mass is 476 g/mol. The average molecular weight is 477 g/mol. The molecule has 0 saturated carbocycles. The first kappa shape index (κ1) is 26.8. The molecule has 1 aromatic heterocycles. The van der Waals surface area contributed by atoms with Gasteiger partial charge in [0.25, 0.3) is 0 Å². The molecule has 2 rings (SSSR count). The van der Waals surface area contributed by atoms with Gasteiger partial charge >= 0.3 is 5.97 Å². The second kappa shape index (κ2) is 13.3. The van der Waals surface area contributed by atoms with Crippen LogP contribution in [0.4, 0.5) is 0 Å². The Balaban J connectivity index is 2.13. The van der Waals surface area contributed by atoms with Crippen molar-refractivity contribution in [3.05, 3.63) is 36.0 Å². The van der Waals surface area contributed by atoms with Crippen LogP contribution in [-0.2, 0) is 25.6 Å². The number of H-pyrrole nitrogens is 1. The molecular weight excluding hydrogens is 444 g/mol. The number of amides is 3. The summed E-state index contributed by atoms with van der Waals surface area (Å²) in [6, 6.07) is 3.75. The molecule has 0 aliphatic carbocycles. The number of carboxylic acids is 1. The van der Waals surface area contributed by atoms with Crippen molar-refractivity contribution in [1.29, 1.82) is 0 Å². The van der Waals surface area contributed by atoms with E-state index in [0.29, 0.717) is 19.4 Å². The molecule has 3 unspecified atom stereocenters. The molecule has 1 heterocycles. The highest BCUT2D eigenvalue weighted by molar-refractivity contribution is 5.94. The fourth-order valence-corrected chi connectivity index (χ4v) is 3.47. The summed E-state index contributed by atoms with van der Waals surface area (Å²) in [5.41, 5.74) is 12.3. The molecule has 0 aliphatic rings. The van der Waals surface area contributed by atoms with E-state index in [0.717, 1.165) is 16.5 Å². The number of carboxylic acid groups (broad SMARTS) is 1. The van der Waals surface area contributed by atoms with Gasteiger partial charge in [-0.1, -0.05) is 18.2 Å². The molecule has 0 bridgehead atoms. The highest BCUT2D eigenvalue weighted by Gasteiger charge is 2.29. The van der Waals surface area contributed by atoms with E-state index in [1.54, 1.807) is 6.20 Å². The maximum atomic E-state index is 13.0. The van der Waals surface area contributed by atoms with Gasteiger partial charge in [-0.05, 0) is 37.4 Å². The van der Waals surface area contributed by atoms with E-state index in [4.69, 9.17) is 11.5 Å². The number of hydrogen-bond acceptors (Lipinski definition) is 7. The third-order valence-electron chi connectivity index (χ3n) is 5.31. The van der Waals surface area contributed by atoms with Crippen LogP contribution in [0.25, 0.3) is 10.9 Å². The fraction of sp³-hybridized carbons (Fsp3) is 0.455. The lowest BCUT2D eigenvalue weighted by atomic mass is 10.0. The number of hydrogen-bond donors (Lipinski definition) is 8. The number of unbranched alkanes of at least 4 members (excludes halogenated alkanes) is 1. The molecule has 12 heteroatoms. The molecule has 10 N–H and O–H groups in total. The smallest absolute Gasteiger partial charge is 0.326 e. The first-order valence-corrected chi connectivity index (χ1v) is 11.0. The molecule has 0 spiro atoms. The van der Waals surface area contributed by atoms with Crippen LogP contribution in [0.15, 0.2) is 30.5 Å². The van der Waals surface area contributed by atoms with Gasteiger partial charge < -0.3 is 42.6 Å². The second-order valence-corrected chi connectivity index (χ2v) is 7.82. The maximum Gasteiger partial charge on any atom is 0.326 e. The zero-order valence-electron chi connectivity index (χ0n) is 18.8. The lowest BCUT2D eigenvalue weighted by molar-refractivity contribution is -0.142. The highest BCUT2D eigenvalue weighted by atomic mass is 16.4. The summed E-state index contributed by atoms with van der Waals surface area (Å²) in [6.45, 7) is -0.697. The van der Waals surface area contributed by atoms with Crippen LogP contribution in [0, 0.1) is 0 Å². The predicted molar refractivity (Wildman–Crippen MR) is 124 cm³/mol. The number of carbonyl (C=O) groups excluding carboxylic acids is 3. The Bertz CT molecular complexity index is 993. The number of rotatable bonds is 14. The van der Waals surface area contributed by atoms with Crippen LogP contribution in [0.3, 0.4) is 0 Å². The minimum Gasteiger partial charge on any atom is -0.480 e. The highest BCUT2D eigenvalue weighted by Crippen LogP contribution is 2.19. The Hall–Kier alpha value is -3.48. The number of carbonyl (C=O) groups is 4. The molecule has 1 aromatic carbocycles. The van der Waals surface area contributed by atoms with Crippen LogP contribution in [0.5, 0.6) is 0 Å². The summed E-state index contributed by atoms with van der Waals surface area (Å²) in [4.78, 5) is 52.0. The van der Waals surface area contributed by atoms with Crippen molar-refractivity contribution in [3.8, 4) is 0 Å². The number of aromatic amines is 1. The van der Waals surface area contributed by atoms with Crippen LogP contribution in [0.2, 0.25) is 0 Å². The van der Waals surface area contributed by atoms with Gasteiger partial charge in [-0.25, -0.2) is 4.79 Å². The molecule has 0 saturated heterocycles. The molecule has 0 fully saturated rings. The standard InChI is InChI=1S/C22H32N6O6/c23-8-4-3-7-16(27-21(32)18(12-29)26-19(30)10-24)20(31)28-17(22(33)34)9-13-11-25-15-6-2-1-5-14(13)15/h1-2,5-6,11,16-18,25,29H,3-4,7-10,12,23-24H2,(H,26,30)(H,27,32)(H,28,31)(H,33,34). The van der Waals surface area contributed by atoms with Crippen molar-refractivity contribution in [1.82, 2.24) is 20.9 Å². The topological polar surface area (TPSA) is 213 Å². The van der Waals surface area contributed by atoms with Crippen molar-refractivity contribution in [3.63, 3.8) is 0 Å². The SMILES string of the molecule is NCCCCC(NC(=O)C(CO)NC(=O)CN)C(=O)NC(Cc1c[nH]c2ccccc12)C(=O)O. The van der Waals surface area contributed by atoms with E-state index in [1.807, 2.05) is 24.3 Å². The second-order valence-electron chi connectivity index (χ2n) is 7.82. The summed E-state index contributed by atoms with van der Waals surface area (Å²) >= 11 is 0. The van der Waals surface area contributed by atoms with E-state index >= 15 is 0 Å². The summed E-state index contributed by atoms with van der Waals surface area (Å²) in [5.74, 6) is -3.36. The van der Waals surface area contributed by atoms with Gasteiger partial charge in [0.2, 0.25) is 17.7 Å². The number of aliphatic carboxylic acids is 1. The van der Waals surface area contributed by atoms with Crippen molar-refractivity contribution in [2.24, 2.45) is 11.5 Å². The van der Waals surface area contributed by atoms with Crippen molar-refractivity contribution >= 4 is 34.6 Å². The fourth-order valence-electron chi connectivity index (χ4n) is 3.47. The zero-order chi connectivity index (χ0) is 25.1. The van der Waals surface area contributed by atoms with E-state index in [2.05, 4.69) is 20.9 Å². The number of para-hydroxylation sites is 1. The van der Waals surface area contributed by atoms with Crippen LogP contribution < -0.4 is 27.4 Å². The lowest BCUT2D eigenvalue weighted by Crippen LogP contribution is -2.57. The summed E-state index contributed by atoms with van der Waals surface area (Å²) in [7, 11) is 0. The molecule has 2 aromatic rings. The molecule has 186 valence electrons. The van der Waals surface area contributed by atoms with E-state index in [1.165, 1.54) is 0 Å². The van der Waals surface area contributed by atoms with Gasteiger partial charge in [-0.15, -0.1) is 0 Å². The summed E-state index contributed by atoms with van der Waals surface area (Å²) < 4.78 is 0. The number of aromatic nitrogens is 1. The number of fused-ring (bicyclic) bond motifs is 1. The minimum absolute atomic E-state index is 0.0282. The van der Waals surface area contributed by atoms with Crippen molar-refractivity contribution < 1.29 is 29.4 Å². The Morgan fingerprint density at radius 3 is 2.26 bits per heavy atom. The average Bonchev–Trinajstić information content (AvgIpc) is 3.23. The lowest BCUT2D eigenvalue weighted by Gasteiger charge is -2.24. The van der Waals surface area contributed by atoms with Crippen LogP contribution in [-0.4, -0.2) is 76.7 Å². The van der Waals surface area contributed by atoms with Crippen molar-refractivity contribution in [2.45, 2.75) is 43.8 Å². The predicted octanol–water partition coefficient (Wildman–Crippen LogP) is -1.67. The van der Waals surface area contributed by atoms with Gasteiger partial charge in [0, 0.05) is 23.5 Å². The number of nitrogens with one attached hydrogen (secondary N) is 4.